The van der Waals surface area contributed by atoms with Gasteiger partial charge in [0.1, 0.15) is 0 Å². The molecule has 2 heterocycles. The van der Waals surface area contributed by atoms with Gasteiger partial charge in [0.2, 0.25) is 0 Å². The molecule has 0 bridgehead atoms. The smallest absolute Gasteiger partial charge is 0.243 e. The van der Waals surface area contributed by atoms with E-state index < -0.39 is 10.0 Å². The Morgan fingerprint density at radius 2 is 2.15 bits per heavy atom. The number of rotatable bonds is 4. The van der Waals surface area contributed by atoms with Gasteiger partial charge in [0.25, 0.3) is 10.0 Å². The lowest BCUT2D eigenvalue weighted by molar-refractivity contribution is 0.314. The Bertz CT molecular complexity index is 531. The van der Waals surface area contributed by atoms with E-state index in [0.29, 0.717) is 12.4 Å². The van der Waals surface area contributed by atoms with Gasteiger partial charge in [0.05, 0.1) is 0 Å². The molecule has 1 unspecified atom stereocenters. The Kier molecular flexibility index (Phi) is 5.41. The Balaban J connectivity index is 2.30. The van der Waals surface area contributed by atoms with Crippen LogP contribution in [0.3, 0.4) is 0 Å². The van der Waals surface area contributed by atoms with Gasteiger partial charge >= 0.3 is 0 Å². The van der Waals surface area contributed by atoms with Gasteiger partial charge < -0.3 is 0 Å². The zero-order valence-electron chi connectivity index (χ0n) is 11.8. The highest BCUT2D eigenvalue weighted by molar-refractivity contribution is 7.89. The summed E-state index contributed by atoms with van der Waals surface area (Å²) in [6.07, 6.45) is 6.45. The Hall–Kier alpha value is -0.650. The highest BCUT2D eigenvalue weighted by Crippen LogP contribution is 2.25. The van der Waals surface area contributed by atoms with Gasteiger partial charge in [0, 0.05) is 24.7 Å². The standard InChI is InChI=1S/C14H21ClN2O2S/c1-2-13-6-4-3-5-9-17(13)20(18,19)14-8-7-12(10-15)11-16-14/h7-8,11,13H,2-6,9-10H2,1H3. The summed E-state index contributed by atoms with van der Waals surface area (Å²) in [5.74, 6) is 0.342. The highest BCUT2D eigenvalue weighted by Gasteiger charge is 2.32. The maximum atomic E-state index is 12.7. The number of nitrogens with zero attached hydrogens (tertiary/aromatic N) is 2. The summed E-state index contributed by atoms with van der Waals surface area (Å²) in [5.41, 5.74) is 0.827. The predicted octanol–water partition coefficient (Wildman–Crippen LogP) is 3.16. The molecule has 1 aliphatic rings. The van der Waals surface area contributed by atoms with E-state index in [1.165, 1.54) is 0 Å². The minimum atomic E-state index is -3.49. The van der Waals surface area contributed by atoms with Crippen molar-refractivity contribution in [2.24, 2.45) is 0 Å². The summed E-state index contributed by atoms with van der Waals surface area (Å²) >= 11 is 5.71. The molecule has 0 amide bonds. The van der Waals surface area contributed by atoms with Crippen LogP contribution >= 0.6 is 11.6 Å². The molecule has 20 heavy (non-hydrogen) atoms. The molecule has 2 rings (SSSR count). The predicted molar refractivity (Wildman–Crippen MR) is 80.2 cm³/mol. The molecule has 0 aliphatic carbocycles. The fraction of sp³-hybridized carbons (Fsp3) is 0.643. The van der Waals surface area contributed by atoms with Crippen LogP contribution in [0.25, 0.3) is 0 Å². The molecule has 1 aromatic heterocycles. The average molecular weight is 317 g/mol. The molecule has 0 spiro atoms. The molecule has 1 aliphatic heterocycles. The van der Waals surface area contributed by atoms with Crippen LogP contribution in [0.15, 0.2) is 23.4 Å². The normalized spacial score (nSPS) is 21.6. The first-order valence-corrected chi connectivity index (χ1v) is 9.09. The topological polar surface area (TPSA) is 50.3 Å². The van der Waals surface area contributed by atoms with E-state index in [9.17, 15) is 8.42 Å². The molecule has 0 N–H and O–H groups in total. The van der Waals surface area contributed by atoms with E-state index >= 15 is 0 Å². The molecule has 1 atom stereocenters. The quantitative estimate of drug-likeness (QED) is 0.802. The van der Waals surface area contributed by atoms with Crippen molar-refractivity contribution in [1.82, 2.24) is 9.29 Å². The maximum Gasteiger partial charge on any atom is 0.260 e. The van der Waals surface area contributed by atoms with Crippen LogP contribution in [0.2, 0.25) is 0 Å². The van der Waals surface area contributed by atoms with Crippen molar-refractivity contribution >= 4 is 21.6 Å². The van der Waals surface area contributed by atoms with Crippen LogP contribution in [-0.2, 0) is 15.9 Å². The largest absolute Gasteiger partial charge is 0.260 e. The minimum Gasteiger partial charge on any atom is -0.243 e. The van der Waals surface area contributed by atoms with Crippen LogP contribution in [-0.4, -0.2) is 30.3 Å². The highest BCUT2D eigenvalue weighted by atomic mass is 35.5. The third-order valence-corrected chi connectivity index (χ3v) is 6.00. The zero-order chi connectivity index (χ0) is 14.6. The van der Waals surface area contributed by atoms with Gasteiger partial charge in [-0.05, 0) is 30.9 Å². The van der Waals surface area contributed by atoms with Crippen LogP contribution in [0.4, 0.5) is 0 Å². The van der Waals surface area contributed by atoms with Crippen molar-refractivity contribution < 1.29 is 8.42 Å². The summed E-state index contributed by atoms with van der Waals surface area (Å²) in [4.78, 5) is 4.08. The average Bonchev–Trinajstić information content (AvgIpc) is 2.73. The van der Waals surface area contributed by atoms with Crippen molar-refractivity contribution in [2.45, 2.75) is 56.0 Å². The van der Waals surface area contributed by atoms with E-state index in [1.54, 1.807) is 22.6 Å². The van der Waals surface area contributed by atoms with E-state index in [1.807, 2.05) is 6.92 Å². The van der Waals surface area contributed by atoms with Crippen molar-refractivity contribution in [3.8, 4) is 0 Å². The lowest BCUT2D eigenvalue weighted by atomic mass is 10.1. The maximum absolute atomic E-state index is 12.7. The third kappa shape index (κ3) is 3.32. The molecular weight excluding hydrogens is 296 g/mol. The Morgan fingerprint density at radius 1 is 1.35 bits per heavy atom. The SMILES string of the molecule is CCC1CCCCCN1S(=O)(=O)c1ccc(CCl)cn1. The summed E-state index contributed by atoms with van der Waals surface area (Å²) in [5, 5.41) is 0.131. The van der Waals surface area contributed by atoms with E-state index in [4.69, 9.17) is 11.6 Å². The van der Waals surface area contributed by atoms with Gasteiger partial charge in [-0.25, -0.2) is 13.4 Å². The van der Waals surface area contributed by atoms with E-state index in [0.717, 1.165) is 37.7 Å². The molecule has 1 aromatic rings. The van der Waals surface area contributed by atoms with Gasteiger partial charge in [-0.15, -0.1) is 11.6 Å². The Morgan fingerprint density at radius 3 is 2.75 bits per heavy atom. The first-order valence-electron chi connectivity index (χ1n) is 7.12. The molecule has 4 nitrogen and oxygen atoms in total. The van der Waals surface area contributed by atoms with Gasteiger partial charge in [-0.1, -0.05) is 25.8 Å². The first-order chi connectivity index (χ1) is 9.59. The number of alkyl halides is 1. The summed E-state index contributed by atoms with van der Waals surface area (Å²) in [6.45, 7) is 2.64. The number of hydrogen-bond donors (Lipinski definition) is 0. The van der Waals surface area contributed by atoms with Crippen molar-refractivity contribution in [3.05, 3.63) is 23.9 Å². The van der Waals surface area contributed by atoms with E-state index in [-0.39, 0.29) is 11.1 Å². The summed E-state index contributed by atoms with van der Waals surface area (Å²) in [7, 11) is -3.49. The Labute approximate surface area is 126 Å². The molecule has 0 saturated carbocycles. The number of pyridine rings is 1. The fourth-order valence-corrected chi connectivity index (χ4v) is 4.48. The van der Waals surface area contributed by atoms with Crippen LogP contribution in [0.1, 0.15) is 44.6 Å². The number of halogens is 1. The third-order valence-electron chi connectivity index (χ3n) is 3.82. The fourth-order valence-electron chi connectivity index (χ4n) is 2.64. The molecule has 1 saturated heterocycles. The van der Waals surface area contributed by atoms with Gasteiger partial charge in [0.15, 0.2) is 5.03 Å². The monoisotopic (exact) mass is 316 g/mol. The summed E-state index contributed by atoms with van der Waals surface area (Å²) in [6, 6.07) is 3.38. The number of aromatic nitrogens is 1. The second kappa shape index (κ2) is 6.87. The molecular formula is C14H21ClN2O2S. The zero-order valence-corrected chi connectivity index (χ0v) is 13.3. The van der Waals surface area contributed by atoms with Gasteiger partial charge in [-0.2, -0.15) is 4.31 Å². The first kappa shape index (κ1) is 15.7. The van der Waals surface area contributed by atoms with Crippen LogP contribution < -0.4 is 0 Å². The van der Waals surface area contributed by atoms with Gasteiger partial charge in [-0.3, -0.25) is 0 Å². The lowest BCUT2D eigenvalue weighted by Crippen LogP contribution is -2.39. The molecule has 0 radical (unpaired) electrons. The van der Waals surface area contributed by atoms with Crippen molar-refractivity contribution in [2.75, 3.05) is 6.54 Å². The van der Waals surface area contributed by atoms with Crippen LogP contribution in [0.5, 0.6) is 0 Å². The summed E-state index contributed by atoms with van der Waals surface area (Å²) < 4.78 is 27.1. The molecule has 0 aromatic carbocycles. The second-order valence-electron chi connectivity index (χ2n) is 5.17. The number of sulfonamides is 1. The van der Waals surface area contributed by atoms with Crippen molar-refractivity contribution in [3.63, 3.8) is 0 Å². The molecule has 112 valence electrons. The van der Waals surface area contributed by atoms with E-state index in [2.05, 4.69) is 4.98 Å². The minimum absolute atomic E-state index is 0.0944. The molecule has 1 fully saturated rings. The van der Waals surface area contributed by atoms with Crippen molar-refractivity contribution in [1.29, 1.82) is 0 Å². The number of hydrogen-bond acceptors (Lipinski definition) is 3. The lowest BCUT2D eigenvalue weighted by Gasteiger charge is -2.27. The molecule has 6 heteroatoms. The second-order valence-corrected chi connectivity index (χ2v) is 7.27. The van der Waals surface area contributed by atoms with Crippen LogP contribution in [0, 0.1) is 0 Å².